The van der Waals surface area contributed by atoms with Crippen molar-refractivity contribution in [2.45, 2.75) is 37.2 Å². The lowest BCUT2D eigenvalue weighted by molar-refractivity contribution is -0.254. The zero-order chi connectivity index (χ0) is 18.1. The van der Waals surface area contributed by atoms with E-state index in [1.165, 1.54) is 23.0 Å². The summed E-state index contributed by atoms with van der Waals surface area (Å²) in [4.78, 5) is 24.8. The zero-order valence-electron chi connectivity index (χ0n) is 12.8. The molecule has 2 aromatic rings. The third-order valence-electron chi connectivity index (χ3n) is 3.91. The van der Waals surface area contributed by atoms with Gasteiger partial charge in [0.1, 0.15) is 30.1 Å². The molecule has 136 valence electrons. The summed E-state index contributed by atoms with van der Waals surface area (Å²) in [5, 5.41) is 46.4. The fourth-order valence-electron chi connectivity index (χ4n) is 2.55. The Balaban J connectivity index is 1.80. The van der Waals surface area contributed by atoms with Gasteiger partial charge in [-0.2, -0.15) is 0 Å². The molecule has 0 unspecified atom stereocenters. The van der Waals surface area contributed by atoms with Crippen LogP contribution in [0.5, 0.6) is 0 Å². The summed E-state index contributed by atoms with van der Waals surface area (Å²) < 4.78 is 7.67. The Morgan fingerprint density at radius 2 is 1.96 bits per heavy atom. The second kappa shape index (κ2) is 6.85. The Morgan fingerprint density at radius 3 is 2.64 bits per heavy atom. The van der Waals surface area contributed by atoms with Crippen LogP contribution in [-0.4, -0.2) is 76.0 Å². The number of nitrogens with zero attached hydrogens (tertiary/aromatic N) is 4. The molecule has 5 atom stereocenters. The van der Waals surface area contributed by atoms with Crippen molar-refractivity contribution in [1.82, 2.24) is 24.5 Å². The van der Waals surface area contributed by atoms with Crippen LogP contribution in [0, 0.1) is 0 Å². The highest BCUT2D eigenvalue weighted by molar-refractivity contribution is 4.98. The molecule has 0 aliphatic carbocycles. The van der Waals surface area contributed by atoms with Crippen LogP contribution in [0.15, 0.2) is 28.0 Å². The predicted octanol–water partition coefficient (Wildman–Crippen LogP) is -3.85. The van der Waals surface area contributed by atoms with Crippen LogP contribution >= 0.6 is 0 Å². The van der Waals surface area contributed by atoms with Crippen molar-refractivity contribution in [1.29, 1.82) is 0 Å². The molecule has 0 saturated carbocycles. The van der Waals surface area contributed by atoms with E-state index in [1.807, 2.05) is 0 Å². The van der Waals surface area contributed by atoms with Crippen LogP contribution in [0.2, 0.25) is 0 Å². The van der Waals surface area contributed by atoms with Gasteiger partial charge in [0.25, 0.3) is 5.56 Å². The molecule has 5 N–H and O–H groups in total. The van der Waals surface area contributed by atoms with Crippen molar-refractivity contribution in [3.63, 3.8) is 0 Å². The number of ether oxygens (including phenoxy) is 1. The summed E-state index contributed by atoms with van der Waals surface area (Å²) in [6, 6.07) is 1.18. The average molecular weight is 355 g/mol. The standard InChI is InChI=1S/C13H17N5O7/c19-5-7-9(21)10(22)11(23)12(25-7)18-4-6(15-16-18)3-17-2-1-8(20)14-13(17)24/h1-2,4,7,9-12,19,21-23H,3,5H2,(H,14,20,24)/t7-,9-,10+,11-,12-/m1/s1. The molecule has 12 heteroatoms. The van der Waals surface area contributed by atoms with Gasteiger partial charge in [-0.1, -0.05) is 5.21 Å². The molecule has 1 aliphatic rings. The lowest BCUT2D eigenvalue weighted by Gasteiger charge is -2.39. The molecule has 1 fully saturated rings. The summed E-state index contributed by atoms with van der Waals surface area (Å²) in [5.41, 5.74) is -0.813. The molecule has 0 bridgehead atoms. The van der Waals surface area contributed by atoms with E-state index in [9.17, 15) is 30.0 Å². The maximum absolute atomic E-state index is 11.7. The van der Waals surface area contributed by atoms with Crippen LogP contribution in [0.25, 0.3) is 0 Å². The normalized spacial score (nSPS) is 29.7. The Hall–Kier alpha value is -2.38. The molecule has 2 aromatic heterocycles. The molecule has 25 heavy (non-hydrogen) atoms. The smallest absolute Gasteiger partial charge is 0.328 e. The van der Waals surface area contributed by atoms with Crippen molar-refractivity contribution in [2.24, 2.45) is 0 Å². The van der Waals surface area contributed by atoms with Crippen molar-refractivity contribution in [3.05, 3.63) is 45.0 Å². The molecule has 1 aliphatic heterocycles. The summed E-state index contributed by atoms with van der Waals surface area (Å²) >= 11 is 0. The topological polar surface area (TPSA) is 176 Å². The van der Waals surface area contributed by atoms with E-state index in [-0.39, 0.29) is 6.54 Å². The summed E-state index contributed by atoms with van der Waals surface area (Å²) in [6.07, 6.45) is -4.08. The van der Waals surface area contributed by atoms with Crippen LogP contribution in [0.4, 0.5) is 0 Å². The quantitative estimate of drug-likeness (QED) is 0.367. The first-order valence-corrected chi connectivity index (χ1v) is 7.41. The molecule has 3 rings (SSSR count). The maximum Gasteiger partial charge on any atom is 0.328 e. The van der Waals surface area contributed by atoms with E-state index >= 15 is 0 Å². The molecule has 0 radical (unpaired) electrons. The van der Waals surface area contributed by atoms with Crippen molar-refractivity contribution in [2.75, 3.05) is 6.61 Å². The minimum atomic E-state index is -1.54. The number of aromatic nitrogens is 5. The highest BCUT2D eigenvalue weighted by Crippen LogP contribution is 2.27. The van der Waals surface area contributed by atoms with Crippen LogP contribution in [-0.2, 0) is 11.3 Å². The minimum Gasteiger partial charge on any atom is -0.394 e. The average Bonchev–Trinajstić information content (AvgIpc) is 3.04. The molecule has 12 nitrogen and oxygen atoms in total. The molecule has 0 amide bonds. The van der Waals surface area contributed by atoms with E-state index in [0.717, 1.165) is 4.68 Å². The molecule has 1 saturated heterocycles. The third-order valence-corrected chi connectivity index (χ3v) is 3.91. The highest BCUT2D eigenvalue weighted by Gasteiger charge is 2.44. The first-order valence-electron chi connectivity index (χ1n) is 7.41. The number of aliphatic hydroxyl groups excluding tert-OH is 4. The van der Waals surface area contributed by atoms with Crippen LogP contribution < -0.4 is 11.2 Å². The van der Waals surface area contributed by atoms with E-state index in [2.05, 4.69) is 15.3 Å². The molecule has 0 spiro atoms. The van der Waals surface area contributed by atoms with E-state index in [4.69, 9.17) is 4.74 Å². The van der Waals surface area contributed by atoms with Crippen LogP contribution in [0.3, 0.4) is 0 Å². The lowest BCUT2D eigenvalue weighted by Crippen LogP contribution is -2.56. The number of H-pyrrole nitrogens is 1. The zero-order valence-corrected chi connectivity index (χ0v) is 12.8. The van der Waals surface area contributed by atoms with Gasteiger partial charge >= 0.3 is 5.69 Å². The number of aliphatic hydroxyl groups is 4. The lowest BCUT2D eigenvalue weighted by atomic mass is 9.98. The summed E-state index contributed by atoms with van der Waals surface area (Å²) in [7, 11) is 0. The first kappa shape index (κ1) is 17.4. The minimum absolute atomic E-state index is 0.00698. The second-order valence-corrected chi connectivity index (χ2v) is 5.65. The van der Waals surface area contributed by atoms with Gasteiger partial charge in [0.05, 0.1) is 19.3 Å². The second-order valence-electron chi connectivity index (χ2n) is 5.65. The van der Waals surface area contributed by atoms with Gasteiger partial charge in [-0.25, -0.2) is 9.48 Å². The number of nitrogens with one attached hydrogen (secondary N) is 1. The van der Waals surface area contributed by atoms with Gasteiger partial charge in [-0.05, 0) is 0 Å². The highest BCUT2D eigenvalue weighted by atomic mass is 16.6. The summed E-state index contributed by atoms with van der Waals surface area (Å²) in [5.74, 6) is 0. The molecule has 3 heterocycles. The van der Waals surface area contributed by atoms with Crippen molar-refractivity contribution < 1.29 is 25.2 Å². The summed E-state index contributed by atoms with van der Waals surface area (Å²) in [6.45, 7) is -0.553. The van der Waals surface area contributed by atoms with Gasteiger partial charge in [0.15, 0.2) is 6.23 Å². The predicted molar refractivity (Wildman–Crippen MR) is 79.5 cm³/mol. The van der Waals surface area contributed by atoms with E-state index < -0.39 is 48.5 Å². The van der Waals surface area contributed by atoms with E-state index in [0.29, 0.717) is 5.69 Å². The van der Waals surface area contributed by atoms with Gasteiger partial charge < -0.3 is 25.2 Å². The third kappa shape index (κ3) is 3.38. The monoisotopic (exact) mass is 355 g/mol. The van der Waals surface area contributed by atoms with E-state index in [1.54, 1.807) is 0 Å². The fourth-order valence-corrected chi connectivity index (χ4v) is 2.55. The van der Waals surface area contributed by atoms with Gasteiger partial charge in [0, 0.05) is 12.3 Å². The number of hydrogen-bond donors (Lipinski definition) is 5. The van der Waals surface area contributed by atoms with Gasteiger partial charge in [-0.3, -0.25) is 14.3 Å². The van der Waals surface area contributed by atoms with Crippen molar-refractivity contribution >= 4 is 0 Å². The SMILES string of the molecule is O=c1ccn(Cc2cn([C@@H]3O[C@H](CO)[C@@H](O)[C@H](O)[C@H]3O)nn2)c(=O)[nH]1. The van der Waals surface area contributed by atoms with Gasteiger partial charge in [-0.15, -0.1) is 5.10 Å². The van der Waals surface area contributed by atoms with Crippen molar-refractivity contribution in [3.8, 4) is 0 Å². The Labute approximate surface area is 139 Å². The Bertz CT molecular complexity index is 844. The molecular formula is C13H17N5O7. The number of aromatic amines is 1. The Kier molecular flexibility index (Phi) is 4.78. The number of hydrogen-bond acceptors (Lipinski definition) is 9. The number of rotatable bonds is 4. The first-order chi connectivity index (χ1) is 11.9. The Morgan fingerprint density at radius 1 is 1.20 bits per heavy atom. The molecule has 0 aromatic carbocycles. The van der Waals surface area contributed by atoms with Crippen LogP contribution in [0.1, 0.15) is 11.9 Å². The maximum atomic E-state index is 11.7. The van der Waals surface area contributed by atoms with Gasteiger partial charge in [0.2, 0.25) is 0 Å². The largest absolute Gasteiger partial charge is 0.394 e. The fraction of sp³-hybridized carbons (Fsp3) is 0.538. The molecular weight excluding hydrogens is 338 g/mol.